The molecule has 0 aliphatic rings. The molecule has 0 unspecified atom stereocenters. The van der Waals surface area contributed by atoms with Crippen molar-refractivity contribution in [2.45, 2.75) is 11.4 Å². The van der Waals surface area contributed by atoms with Gasteiger partial charge in [0.25, 0.3) is 0 Å². The van der Waals surface area contributed by atoms with Gasteiger partial charge in [-0.25, -0.2) is 13.1 Å². The van der Waals surface area contributed by atoms with E-state index in [2.05, 4.69) is 15.0 Å². The molecule has 0 saturated heterocycles. The second-order valence-corrected chi connectivity index (χ2v) is 6.02. The fraction of sp³-hybridized carbons (Fsp3) is 0.154. The second-order valence-electron chi connectivity index (χ2n) is 4.13. The van der Waals surface area contributed by atoms with Gasteiger partial charge in [0.1, 0.15) is 0 Å². The lowest BCUT2D eigenvalue weighted by Crippen LogP contribution is -2.18. The zero-order valence-electron chi connectivity index (χ0n) is 11.0. The number of rotatable bonds is 5. The molecule has 1 aromatic heterocycles. The number of hydrogen-bond donors (Lipinski definition) is 3. The summed E-state index contributed by atoms with van der Waals surface area (Å²) in [6.45, 7) is 0.517. The Morgan fingerprint density at radius 2 is 2.05 bits per heavy atom. The number of pyridine rings is 1. The van der Waals surface area contributed by atoms with Crippen molar-refractivity contribution in [1.82, 2.24) is 9.71 Å². The van der Waals surface area contributed by atoms with E-state index in [1.54, 1.807) is 12.3 Å². The van der Waals surface area contributed by atoms with E-state index in [4.69, 9.17) is 5.73 Å². The van der Waals surface area contributed by atoms with Crippen LogP contribution < -0.4 is 15.8 Å². The van der Waals surface area contributed by atoms with Crippen LogP contribution in [0.15, 0.2) is 47.5 Å². The van der Waals surface area contributed by atoms with Gasteiger partial charge in [0.2, 0.25) is 10.0 Å². The first kappa shape index (κ1) is 14.3. The molecule has 1 aromatic carbocycles. The number of nitrogens with zero attached hydrogens (tertiary/aromatic N) is 1. The minimum Gasteiger partial charge on any atom is -0.397 e. The first-order valence-electron chi connectivity index (χ1n) is 6.00. The number of nitrogen functional groups attached to an aromatic ring is 1. The summed E-state index contributed by atoms with van der Waals surface area (Å²) in [5.41, 5.74) is 7.78. The molecule has 0 aliphatic heterocycles. The van der Waals surface area contributed by atoms with Crippen molar-refractivity contribution < 1.29 is 8.42 Å². The highest BCUT2D eigenvalue weighted by Gasteiger charge is 2.12. The maximum absolute atomic E-state index is 11.6. The van der Waals surface area contributed by atoms with Crippen LogP contribution in [0.5, 0.6) is 0 Å². The molecule has 7 heteroatoms. The van der Waals surface area contributed by atoms with E-state index in [1.165, 1.54) is 19.2 Å². The standard InChI is InChI=1S/C13H16N4O2S/c1-15-20(18,19)11-5-6-13(12(14)8-11)17-9-10-4-2-3-7-16-10/h2-8,15,17H,9,14H2,1H3. The fourth-order valence-corrected chi connectivity index (χ4v) is 2.44. The van der Waals surface area contributed by atoms with Gasteiger partial charge < -0.3 is 11.1 Å². The number of anilines is 2. The Kier molecular flexibility index (Phi) is 4.21. The van der Waals surface area contributed by atoms with Gasteiger partial charge in [-0.15, -0.1) is 0 Å². The molecule has 0 saturated carbocycles. The smallest absolute Gasteiger partial charge is 0.240 e. The quantitative estimate of drug-likeness (QED) is 0.719. The van der Waals surface area contributed by atoms with E-state index in [0.717, 1.165) is 5.69 Å². The summed E-state index contributed by atoms with van der Waals surface area (Å²) >= 11 is 0. The minimum atomic E-state index is -3.47. The van der Waals surface area contributed by atoms with Gasteiger partial charge in [0, 0.05) is 6.20 Å². The van der Waals surface area contributed by atoms with Gasteiger partial charge >= 0.3 is 0 Å². The highest BCUT2D eigenvalue weighted by atomic mass is 32.2. The third-order valence-electron chi connectivity index (χ3n) is 2.79. The molecule has 0 radical (unpaired) electrons. The molecule has 0 amide bonds. The molecule has 2 rings (SSSR count). The van der Waals surface area contributed by atoms with E-state index in [-0.39, 0.29) is 4.90 Å². The zero-order valence-corrected chi connectivity index (χ0v) is 11.8. The Labute approximate surface area is 118 Å². The van der Waals surface area contributed by atoms with E-state index >= 15 is 0 Å². The molecule has 0 fully saturated rings. The first-order chi connectivity index (χ1) is 9.53. The van der Waals surface area contributed by atoms with E-state index in [9.17, 15) is 8.42 Å². The monoisotopic (exact) mass is 292 g/mol. The Hall–Kier alpha value is -2.12. The van der Waals surface area contributed by atoms with Gasteiger partial charge in [-0.2, -0.15) is 0 Å². The van der Waals surface area contributed by atoms with Crippen LogP contribution in [0.25, 0.3) is 0 Å². The minimum absolute atomic E-state index is 0.140. The second kappa shape index (κ2) is 5.89. The number of sulfonamides is 1. The number of nitrogens with one attached hydrogen (secondary N) is 2. The van der Waals surface area contributed by atoms with Crippen LogP contribution in [0.1, 0.15) is 5.69 Å². The zero-order chi connectivity index (χ0) is 14.6. The normalized spacial score (nSPS) is 11.2. The Bertz CT molecular complexity index is 687. The van der Waals surface area contributed by atoms with Crippen LogP contribution in [0.2, 0.25) is 0 Å². The summed E-state index contributed by atoms with van der Waals surface area (Å²) in [4.78, 5) is 4.32. The molecule has 106 valence electrons. The number of nitrogens with two attached hydrogens (primary N) is 1. The molecule has 6 nitrogen and oxygen atoms in total. The maximum atomic E-state index is 11.6. The summed E-state index contributed by atoms with van der Waals surface area (Å²) in [6, 6.07) is 10.2. The summed E-state index contributed by atoms with van der Waals surface area (Å²) in [7, 11) is -2.11. The van der Waals surface area contributed by atoms with Crippen molar-refractivity contribution in [2.24, 2.45) is 0 Å². The van der Waals surface area contributed by atoms with Crippen LogP contribution in [0.3, 0.4) is 0 Å². The molecule has 20 heavy (non-hydrogen) atoms. The lowest BCUT2D eigenvalue weighted by molar-refractivity contribution is 0.588. The number of hydrogen-bond acceptors (Lipinski definition) is 5. The van der Waals surface area contributed by atoms with Crippen LogP contribution in [0.4, 0.5) is 11.4 Å². The maximum Gasteiger partial charge on any atom is 0.240 e. The summed E-state index contributed by atoms with van der Waals surface area (Å²) in [5.74, 6) is 0. The molecule has 2 aromatic rings. The third-order valence-corrected chi connectivity index (χ3v) is 4.20. The van der Waals surface area contributed by atoms with Gasteiger partial charge in [-0.05, 0) is 37.4 Å². The number of benzene rings is 1. The van der Waals surface area contributed by atoms with Crippen molar-refractivity contribution in [3.05, 3.63) is 48.3 Å². The highest BCUT2D eigenvalue weighted by molar-refractivity contribution is 7.89. The number of aromatic nitrogens is 1. The van der Waals surface area contributed by atoms with E-state index in [0.29, 0.717) is 17.9 Å². The SMILES string of the molecule is CNS(=O)(=O)c1ccc(NCc2ccccn2)c(N)c1. The third kappa shape index (κ3) is 3.25. The predicted molar refractivity (Wildman–Crippen MR) is 78.7 cm³/mol. The average Bonchev–Trinajstić information content (AvgIpc) is 2.47. The lowest BCUT2D eigenvalue weighted by Gasteiger charge is -2.10. The summed E-state index contributed by atoms with van der Waals surface area (Å²) < 4.78 is 25.5. The Balaban J connectivity index is 2.15. The van der Waals surface area contributed by atoms with Crippen molar-refractivity contribution >= 4 is 21.4 Å². The van der Waals surface area contributed by atoms with E-state index in [1.807, 2.05) is 18.2 Å². The van der Waals surface area contributed by atoms with Crippen LogP contribution in [0, 0.1) is 0 Å². The molecular weight excluding hydrogens is 276 g/mol. The lowest BCUT2D eigenvalue weighted by atomic mass is 10.2. The average molecular weight is 292 g/mol. The van der Waals surface area contributed by atoms with Gasteiger partial charge in [-0.1, -0.05) is 6.07 Å². The van der Waals surface area contributed by atoms with Gasteiger partial charge in [-0.3, -0.25) is 4.98 Å². The van der Waals surface area contributed by atoms with Crippen molar-refractivity contribution in [1.29, 1.82) is 0 Å². The molecular formula is C13H16N4O2S. The van der Waals surface area contributed by atoms with Crippen molar-refractivity contribution in [3.8, 4) is 0 Å². The largest absolute Gasteiger partial charge is 0.397 e. The topological polar surface area (TPSA) is 97.1 Å². The molecule has 1 heterocycles. The van der Waals surface area contributed by atoms with Crippen LogP contribution in [-0.4, -0.2) is 20.4 Å². The highest BCUT2D eigenvalue weighted by Crippen LogP contribution is 2.22. The summed E-state index contributed by atoms with van der Waals surface area (Å²) in [6.07, 6.45) is 1.71. The van der Waals surface area contributed by atoms with Crippen LogP contribution in [-0.2, 0) is 16.6 Å². The predicted octanol–water partition coefficient (Wildman–Crippen LogP) is 1.18. The molecule has 0 spiro atoms. The van der Waals surface area contributed by atoms with Gasteiger partial charge in [0.05, 0.1) is 28.5 Å². The molecule has 0 aliphatic carbocycles. The molecule has 0 atom stereocenters. The van der Waals surface area contributed by atoms with Crippen molar-refractivity contribution in [3.63, 3.8) is 0 Å². The Morgan fingerprint density at radius 3 is 2.65 bits per heavy atom. The van der Waals surface area contributed by atoms with Crippen LogP contribution >= 0.6 is 0 Å². The van der Waals surface area contributed by atoms with Gasteiger partial charge in [0.15, 0.2) is 0 Å². The fourth-order valence-electron chi connectivity index (χ4n) is 1.68. The Morgan fingerprint density at radius 1 is 1.25 bits per heavy atom. The van der Waals surface area contributed by atoms with E-state index < -0.39 is 10.0 Å². The summed E-state index contributed by atoms with van der Waals surface area (Å²) in [5, 5.41) is 3.12. The van der Waals surface area contributed by atoms with Crippen molar-refractivity contribution in [2.75, 3.05) is 18.1 Å². The molecule has 0 bridgehead atoms. The first-order valence-corrected chi connectivity index (χ1v) is 7.48. The molecule has 4 N–H and O–H groups in total.